The van der Waals surface area contributed by atoms with Crippen molar-refractivity contribution in [3.63, 3.8) is 0 Å². The number of piperazine rings is 1. The molecule has 1 amide bonds. The highest BCUT2D eigenvalue weighted by Gasteiger charge is 2.26. The highest BCUT2D eigenvalue weighted by molar-refractivity contribution is 6.09. The Morgan fingerprint density at radius 2 is 1.68 bits per heavy atom. The molecule has 1 fully saturated rings. The van der Waals surface area contributed by atoms with Crippen molar-refractivity contribution in [2.24, 2.45) is 4.99 Å². The summed E-state index contributed by atoms with van der Waals surface area (Å²) in [6.07, 6.45) is 0. The number of hydrogen-bond donors (Lipinski definition) is 1. The topological polar surface area (TPSA) is 69.3 Å². The minimum Gasteiger partial charge on any atom is -0.456 e. The molecule has 2 aromatic carbocycles. The molecule has 6 heteroatoms. The summed E-state index contributed by atoms with van der Waals surface area (Å²) in [6, 6.07) is 16.4. The molecule has 0 aromatic heterocycles. The highest BCUT2D eigenvalue weighted by atomic mass is 16.3. The number of rotatable bonds is 5. The van der Waals surface area contributed by atoms with Crippen molar-refractivity contribution in [3.05, 3.63) is 76.1 Å². The van der Waals surface area contributed by atoms with Crippen LogP contribution < -0.4 is 5.36 Å². The number of hydrogen-bond acceptors (Lipinski definition) is 5. The van der Waals surface area contributed by atoms with Crippen LogP contribution in [0.4, 0.5) is 0 Å². The van der Waals surface area contributed by atoms with Crippen LogP contribution in [0.15, 0.2) is 57.9 Å². The fourth-order valence-electron chi connectivity index (χ4n) is 5.30. The Balaban J connectivity index is 1.71. The van der Waals surface area contributed by atoms with Crippen molar-refractivity contribution >= 4 is 16.9 Å². The summed E-state index contributed by atoms with van der Waals surface area (Å²) in [7, 11) is 0. The van der Waals surface area contributed by atoms with E-state index < -0.39 is 0 Å². The lowest BCUT2D eigenvalue weighted by molar-refractivity contribution is 0.0615. The molecule has 2 aromatic rings. The number of amides is 1. The maximum absolute atomic E-state index is 13.9. The van der Waals surface area contributed by atoms with E-state index in [9.17, 15) is 9.90 Å². The number of aryl methyl sites for hydroxylation is 3. The van der Waals surface area contributed by atoms with Crippen LogP contribution in [0, 0.1) is 20.8 Å². The van der Waals surface area contributed by atoms with Gasteiger partial charge in [0, 0.05) is 67.4 Å². The molecule has 0 radical (unpaired) electrons. The molecule has 1 saturated heterocycles. The van der Waals surface area contributed by atoms with E-state index in [-0.39, 0.29) is 12.5 Å². The van der Waals surface area contributed by atoms with Gasteiger partial charge in [-0.15, -0.1) is 0 Å². The molecule has 2 aliphatic heterocycles. The van der Waals surface area contributed by atoms with E-state index in [1.54, 1.807) is 0 Å². The Kier molecular flexibility index (Phi) is 7.13. The zero-order chi connectivity index (χ0) is 26.1. The number of carbonyl (C=O) groups is 1. The lowest BCUT2D eigenvalue weighted by Gasteiger charge is -2.34. The largest absolute Gasteiger partial charge is 0.456 e. The Labute approximate surface area is 218 Å². The molecule has 37 heavy (non-hydrogen) atoms. The number of nitrogens with zero attached hydrogens (tertiary/aromatic N) is 3. The standard InChI is InChI=1S/C31H35N3O3/c1-5-32-27-19-29-26(17-22(27)4)30(25-16-20(2)21(3)18-28(25)37-29)23-8-6-7-9-24(23)31(36)34-12-10-33(11-13-34)14-15-35/h6-9,16-19,35H,5,10-15H2,1-4H3. The summed E-state index contributed by atoms with van der Waals surface area (Å²) in [6.45, 7) is 12.6. The van der Waals surface area contributed by atoms with Crippen LogP contribution in [-0.2, 0) is 0 Å². The minimum absolute atomic E-state index is 0.0412. The first kappa shape index (κ1) is 25.2. The van der Waals surface area contributed by atoms with E-state index in [1.807, 2.05) is 36.1 Å². The monoisotopic (exact) mass is 497 g/mol. The second-order valence-electron chi connectivity index (χ2n) is 9.92. The molecule has 3 aliphatic rings. The Bertz CT molecular complexity index is 1500. The first-order chi connectivity index (χ1) is 17.9. The first-order valence-corrected chi connectivity index (χ1v) is 13.1. The summed E-state index contributed by atoms with van der Waals surface area (Å²) < 4.78 is 6.46. The normalized spacial score (nSPS) is 15.2. The summed E-state index contributed by atoms with van der Waals surface area (Å²) >= 11 is 0. The first-order valence-electron chi connectivity index (χ1n) is 13.1. The highest BCUT2D eigenvalue weighted by Crippen LogP contribution is 2.42. The van der Waals surface area contributed by atoms with Crippen molar-refractivity contribution in [1.82, 2.24) is 9.80 Å². The molecule has 5 rings (SSSR count). The van der Waals surface area contributed by atoms with Gasteiger partial charge in [-0.2, -0.15) is 0 Å². The van der Waals surface area contributed by atoms with Gasteiger partial charge in [-0.25, -0.2) is 0 Å². The molecule has 0 bridgehead atoms. The number of carbonyl (C=O) groups excluding carboxylic acids is 1. The van der Waals surface area contributed by atoms with E-state index in [1.165, 1.54) is 5.56 Å². The molecular formula is C31H35N3O3. The molecule has 0 spiro atoms. The summed E-state index contributed by atoms with van der Waals surface area (Å²) in [5.74, 6) is 0.808. The van der Waals surface area contributed by atoms with Gasteiger partial charge in [-0.1, -0.05) is 18.2 Å². The van der Waals surface area contributed by atoms with Gasteiger partial charge in [0.25, 0.3) is 5.91 Å². The van der Waals surface area contributed by atoms with Gasteiger partial charge in [0.05, 0.1) is 12.0 Å². The number of β-amino-alcohol motifs (C(OH)–C–C–N with tert-alkyl or cyclic N) is 1. The van der Waals surface area contributed by atoms with Crippen LogP contribution in [0.25, 0.3) is 33.4 Å². The maximum atomic E-state index is 13.9. The average molecular weight is 498 g/mol. The molecular weight excluding hydrogens is 462 g/mol. The molecule has 1 aliphatic carbocycles. The molecule has 2 heterocycles. The van der Waals surface area contributed by atoms with E-state index in [4.69, 9.17) is 4.42 Å². The fourth-order valence-corrected chi connectivity index (χ4v) is 5.30. The predicted octanol–water partition coefficient (Wildman–Crippen LogP) is 4.80. The van der Waals surface area contributed by atoms with Gasteiger partial charge in [0.2, 0.25) is 0 Å². The second kappa shape index (κ2) is 10.5. The number of benzene rings is 3. The Hall–Kier alpha value is -3.48. The third-order valence-electron chi connectivity index (χ3n) is 7.48. The molecule has 0 saturated carbocycles. The molecule has 6 nitrogen and oxygen atoms in total. The van der Waals surface area contributed by atoms with Crippen molar-refractivity contribution in [3.8, 4) is 22.5 Å². The van der Waals surface area contributed by atoms with Crippen LogP contribution >= 0.6 is 0 Å². The lowest BCUT2D eigenvalue weighted by atomic mass is 9.88. The number of fused-ring (bicyclic) bond motifs is 2. The zero-order valence-electron chi connectivity index (χ0n) is 22.2. The number of aliphatic hydroxyl groups is 1. The van der Waals surface area contributed by atoms with Crippen LogP contribution in [0.1, 0.15) is 34.0 Å². The van der Waals surface area contributed by atoms with Gasteiger partial charge in [0.15, 0.2) is 0 Å². The van der Waals surface area contributed by atoms with Crippen LogP contribution in [0.5, 0.6) is 0 Å². The molecule has 0 atom stereocenters. The lowest BCUT2D eigenvalue weighted by Crippen LogP contribution is -2.49. The molecule has 1 N–H and O–H groups in total. The summed E-state index contributed by atoms with van der Waals surface area (Å²) in [4.78, 5) is 22.7. The maximum Gasteiger partial charge on any atom is 0.254 e. The van der Waals surface area contributed by atoms with Crippen LogP contribution in [-0.4, -0.2) is 66.7 Å². The average Bonchev–Trinajstić information content (AvgIpc) is 2.89. The smallest absolute Gasteiger partial charge is 0.254 e. The van der Waals surface area contributed by atoms with Gasteiger partial charge in [0.1, 0.15) is 11.3 Å². The second-order valence-corrected chi connectivity index (χ2v) is 9.92. The van der Waals surface area contributed by atoms with Gasteiger partial charge in [-0.05, 0) is 74.2 Å². The van der Waals surface area contributed by atoms with E-state index in [2.05, 4.69) is 54.9 Å². The van der Waals surface area contributed by atoms with Crippen molar-refractivity contribution < 1.29 is 14.3 Å². The van der Waals surface area contributed by atoms with E-state index in [0.29, 0.717) is 31.7 Å². The van der Waals surface area contributed by atoms with Crippen LogP contribution in [0.2, 0.25) is 0 Å². The van der Waals surface area contributed by atoms with Crippen molar-refractivity contribution in [1.29, 1.82) is 0 Å². The van der Waals surface area contributed by atoms with Crippen molar-refractivity contribution in [2.75, 3.05) is 45.9 Å². The van der Waals surface area contributed by atoms with Gasteiger partial charge >= 0.3 is 0 Å². The molecule has 192 valence electrons. The van der Waals surface area contributed by atoms with Crippen LogP contribution in [0.3, 0.4) is 0 Å². The summed E-state index contributed by atoms with van der Waals surface area (Å²) in [5.41, 5.74) is 7.85. The minimum atomic E-state index is 0.0412. The third kappa shape index (κ3) is 4.79. The predicted molar refractivity (Wildman–Crippen MR) is 148 cm³/mol. The number of aliphatic hydroxyl groups excluding tert-OH is 1. The quantitative estimate of drug-likeness (QED) is 0.402. The summed E-state index contributed by atoms with van der Waals surface area (Å²) in [5, 5.41) is 11.2. The van der Waals surface area contributed by atoms with Gasteiger partial charge in [-0.3, -0.25) is 14.7 Å². The fraction of sp³-hybridized carbons (Fsp3) is 0.355. The van der Waals surface area contributed by atoms with E-state index >= 15 is 0 Å². The third-order valence-corrected chi connectivity index (χ3v) is 7.48. The molecule has 0 unspecified atom stereocenters. The van der Waals surface area contributed by atoms with Crippen molar-refractivity contribution in [2.45, 2.75) is 27.7 Å². The van der Waals surface area contributed by atoms with Gasteiger partial charge < -0.3 is 14.4 Å². The SMILES string of the molecule is CCN=c1cc2oc3cc(C)c(C)cc3c(-c3ccccc3C(=O)N3CCN(CCO)CC3)c-2cc1C. The zero-order valence-corrected chi connectivity index (χ0v) is 22.2. The van der Waals surface area contributed by atoms with E-state index in [0.717, 1.165) is 63.0 Å². The Morgan fingerprint density at radius 1 is 0.946 bits per heavy atom. The Morgan fingerprint density at radius 3 is 2.41 bits per heavy atom.